The minimum absolute atomic E-state index is 0.103. The molecule has 19 heavy (non-hydrogen) atoms. The third kappa shape index (κ3) is 2.30. The number of hydrogen-bond donors (Lipinski definition) is 2. The molecule has 0 atom stereocenters. The molecular formula is C15H18N2OS. The van der Waals surface area contributed by atoms with Crippen LogP contribution < -0.4 is 5.32 Å². The molecule has 0 radical (unpaired) electrons. The van der Waals surface area contributed by atoms with Crippen LogP contribution in [-0.4, -0.2) is 22.2 Å². The Hall–Kier alpha value is -1.26. The topological polar surface area (TPSA) is 45.1 Å². The van der Waals surface area contributed by atoms with E-state index in [1.165, 1.54) is 11.3 Å². The average Bonchev–Trinajstić information content (AvgIpc) is 2.86. The predicted octanol–water partition coefficient (Wildman–Crippen LogP) is 3.16. The third-order valence-corrected chi connectivity index (χ3v) is 4.39. The molecule has 0 unspecified atom stereocenters. The number of anilines is 1. The zero-order valence-electron chi connectivity index (χ0n) is 11.2. The fourth-order valence-electron chi connectivity index (χ4n) is 2.35. The first-order valence-corrected chi connectivity index (χ1v) is 7.63. The molecule has 0 aliphatic carbocycles. The van der Waals surface area contributed by atoms with Gasteiger partial charge in [0.1, 0.15) is 0 Å². The number of aliphatic hydroxyl groups excluding tert-OH is 1. The zero-order chi connectivity index (χ0) is 13.5. The Bertz CT molecular complexity index is 625. The molecule has 0 saturated heterocycles. The first-order chi connectivity index (χ1) is 9.11. The van der Waals surface area contributed by atoms with E-state index in [0.29, 0.717) is 0 Å². The number of para-hydroxylation sites is 1. The van der Waals surface area contributed by atoms with E-state index in [0.717, 1.165) is 28.1 Å². The van der Waals surface area contributed by atoms with Gasteiger partial charge in [-0.15, -0.1) is 0 Å². The molecule has 1 aromatic carbocycles. The quantitative estimate of drug-likeness (QED) is 0.902. The van der Waals surface area contributed by atoms with Gasteiger partial charge in [-0.25, -0.2) is 0 Å². The zero-order valence-corrected chi connectivity index (χ0v) is 12.0. The van der Waals surface area contributed by atoms with Crippen molar-refractivity contribution in [3.63, 3.8) is 0 Å². The molecule has 3 rings (SSSR count). The highest BCUT2D eigenvalue weighted by molar-refractivity contribution is 7.98. The van der Waals surface area contributed by atoms with E-state index >= 15 is 0 Å². The molecule has 0 saturated carbocycles. The van der Waals surface area contributed by atoms with Gasteiger partial charge in [0.25, 0.3) is 0 Å². The second-order valence-corrected chi connectivity index (χ2v) is 6.57. The van der Waals surface area contributed by atoms with Gasteiger partial charge in [-0.05, 0) is 19.9 Å². The molecule has 0 fully saturated rings. The van der Waals surface area contributed by atoms with Crippen LogP contribution in [0.1, 0.15) is 25.1 Å². The molecule has 100 valence electrons. The van der Waals surface area contributed by atoms with Crippen molar-refractivity contribution in [2.75, 3.05) is 11.9 Å². The predicted molar refractivity (Wildman–Crippen MR) is 81.5 cm³/mol. The Morgan fingerprint density at radius 1 is 1.32 bits per heavy atom. The molecule has 2 N–H and O–H groups in total. The standard InChI is InChI=1S/C15H18N2OS/c1-15(2,9-18)17-14-10-5-3-4-6-12(10)16-13-8-19-7-11(13)14/h3-6,18H,7-9H2,1-2H3,(H,16,17). The second-order valence-electron chi connectivity index (χ2n) is 5.59. The van der Waals surface area contributed by atoms with Gasteiger partial charge >= 0.3 is 0 Å². The van der Waals surface area contributed by atoms with Crippen LogP contribution in [0.15, 0.2) is 24.3 Å². The summed E-state index contributed by atoms with van der Waals surface area (Å²) in [5, 5.41) is 14.1. The lowest BCUT2D eigenvalue weighted by atomic mass is 10.0. The van der Waals surface area contributed by atoms with Crippen molar-refractivity contribution in [3.05, 3.63) is 35.5 Å². The molecule has 0 amide bonds. The van der Waals surface area contributed by atoms with E-state index in [4.69, 9.17) is 4.98 Å². The summed E-state index contributed by atoms with van der Waals surface area (Å²) in [6.45, 7) is 4.12. The number of pyridine rings is 1. The van der Waals surface area contributed by atoms with Gasteiger partial charge in [0.15, 0.2) is 0 Å². The smallest absolute Gasteiger partial charge is 0.0726 e. The van der Waals surface area contributed by atoms with Crippen molar-refractivity contribution in [1.82, 2.24) is 4.98 Å². The molecular weight excluding hydrogens is 256 g/mol. The highest BCUT2D eigenvalue weighted by atomic mass is 32.2. The summed E-state index contributed by atoms with van der Waals surface area (Å²) in [7, 11) is 0. The van der Waals surface area contributed by atoms with Gasteiger partial charge < -0.3 is 10.4 Å². The SMILES string of the molecule is CC(C)(CO)Nc1c2c(nc3ccccc13)CSC2. The summed E-state index contributed by atoms with van der Waals surface area (Å²) in [6.07, 6.45) is 0. The first-order valence-electron chi connectivity index (χ1n) is 6.48. The van der Waals surface area contributed by atoms with Crippen LogP contribution in [0, 0.1) is 0 Å². The minimum Gasteiger partial charge on any atom is -0.394 e. The van der Waals surface area contributed by atoms with Crippen molar-refractivity contribution in [1.29, 1.82) is 0 Å². The van der Waals surface area contributed by atoms with Crippen molar-refractivity contribution >= 4 is 28.4 Å². The lowest BCUT2D eigenvalue weighted by Gasteiger charge is -2.27. The first kappa shape index (κ1) is 12.8. The number of thioether (sulfide) groups is 1. The van der Waals surface area contributed by atoms with Crippen LogP contribution in [0.2, 0.25) is 0 Å². The monoisotopic (exact) mass is 274 g/mol. The Kier molecular flexibility index (Phi) is 3.15. The van der Waals surface area contributed by atoms with Gasteiger partial charge in [0, 0.05) is 28.1 Å². The molecule has 2 heterocycles. The van der Waals surface area contributed by atoms with E-state index in [1.54, 1.807) is 0 Å². The summed E-state index contributed by atoms with van der Waals surface area (Å²) in [5.74, 6) is 1.98. The number of hydrogen-bond acceptors (Lipinski definition) is 4. The van der Waals surface area contributed by atoms with Gasteiger partial charge in [-0.2, -0.15) is 11.8 Å². The van der Waals surface area contributed by atoms with Crippen LogP contribution in [0.3, 0.4) is 0 Å². The highest BCUT2D eigenvalue weighted by Crippen LogP contribution is 2.39. The Morgan fingerprint density at radius 3 is 2.89 bits per heavy atom. The van der Waals surface area contributed by atoms with Crippen LogP contribution in [-0.2, 0) is 11.5 Å². The highest BCUT2D eigenvalue weighted by Gasteiger charge is 2.24. The van der Waals surface area contributed by atoms with Gasteiger partial charge in [-0.3, -0.25) is 4.98 Å². The van der Waals surface area contributed by atoms with Crippen LogP contribution in [0.5, 0.6) is 0 Å². The molecule has 4 heteroatoms. The molecule has 1 aromatic heterocycles. The average molecular weight is 274 g/mol. The van der Waals surface area contributed by atoms with Gasteiger partial charge in [0.2, 0.25) is 0 Å². The van der Waals surface area contributed by atoms with Crippen molar-refractivity contribution in [2.45, 2.75) is 30.9 Å². The summed E-state index contributed by atoms with van der Waals surface area (Å²) < 4.78 is 0. The fraction of sp³-hybridized carbons (Fsp3) is 0.400. The third-order valence-electron chi connectivity index (χ3n) is 3.42. The van der Waals surface area contributed by atoms with Crippen molar-refractivity contribution in [3.8, 4) is 0 Å². The number of aliphatic hydroxyl groups is 1. The maximum Gasteiger partial charge on any atom is 0.0726 e. The summed E-state index contributed by atoms with van der Waals surface area (Å²) in [4.78, 5) is 4.75. The van der Waals surface area contributed by atoms with E-state index < -0.39 is 0 Å². The van der Waals surface area contributed by atoms with Crippen LogP contribution >= 0.6 is 11.8 Å². The number of nitrogens with one attached hydrogen (secondary N) is 1. The van der Waals surface area contributed by atoms with E-state index in [9.17, 15) is 5.11 Å². The molecule has 0 spiro atoms. The maximum atomic E-state index is 9.49. The van der Waals surface area contributed by atoms with E-state index in [2.05, 4.69) is 17.4 Å². The second kappa shape index (κ2) is 4.69. The normalized spacial score (nSPS) is 14.7. The number of aromatic nitrogens is 1. The van der Waals surface area contributed by atoms with Crippen LogP contribution in [0.25, 0.3) is 10.9 Å². The minimum atomic E-state index is -0.328. The van der Waals surface area contributed by atoms with E-state index in [-0.39, 0.29) is 12.1 Å². The van der Waals surface area contributed by atoms with Crippen molar-refractivity contribution in [2.24, 2.45) is 0 Å². The molecule has 1 aliphatic rings. The van der Waals surface area contributed by atoms with Crippen LogP contribution in [0.4, 0.5) is 5.69 Å². The maximum absolute atomic E-state index is 9.49. The molecule has 2 aromatic rings. The number of fused-ring (bicyclic) bond motifs is 2. The Balaban J connectivity index is 2.20. The summed E-state index contributed by atoms with van der Waals surface area (Å²) >= 11 is 1.90. The molecule has 3 nitrogen and oxygen atoms in total. The van der Waals surface area contributed by atoms with Crippen molar-refractivity contribution < 1.29 is 5.11 Å². The Labute approximate surface area is 117 Å². The lowest BCUT2D eigenvalue weighted by Crippen LogP contribution is -2.35. The van der Waals surface area contributed by atoms with E-state index in [1.807, 2.05) is 37.7 Å². The lowest BCUT2D eigenvalue weighted by molar-refractivity contribution is 0.234. The summed E-state index contributed by atoms with van der Waals surface area (Å²) in [6, 6.07) is 8.21. The van der Waals surface area contributed by atoms with Gasteiger partial charge in [-0.1, -0.05) is 18.2 Å². The number of rotatable bonds is 3. The molecule has 0 bridgehead atoms. The number of nitrogens with zero attached hydrogens (tertiary/aromatic N) is 1. The number of benzene rings is 1. The summed E-state index contributed by atoms with van der Waals surface area (Å²) in [5.41, 5.74) is 4.32. The fourth-order valence-corrected chi connectivity index (χ4v) is 3.40. The Morgan fingerprint density at radius 2 is 2.11 bits per heavy atom. The largest absolute Gasteiger partial charge is 0.394 e. The van der Waals surface area contributed by atoms with Gasteiger partial charge in [0.05, 0.1) is 23.4 Å². The molecule has 1 aliphatic heterocycles.